The van der Waals surface area contributed by atoms with Crippen LogP contribution in [0.1, 0.15) is 45.0 Å². The van der Waals surface area contributed by atoms with Gasteiger partial charge < -0.3 is 9.84 Å². The van der Waals surface area contributed by atoms with Gasteiger partial charge in [-0.25, -0.2) is 13.1 Å². The maximum Gasteiger partial charge on any atom is 0.241 e. The van der Waals surface area contributed by atoms with Gasteiger partial charge in [0.25, 0.3) is 0 Å². The van der Waals surface area contributed by atoms with E-state index in [0.29, 0.717) is 17.1 Å². The number of benzene rings is 2. The molecule has 1 aliphatic rings. The Hall–Kier alpha value is -1.89. The van der Waals surface area contributed by atoms with E-state index in [0.717, 1.165) is 45.6 Å². The van der Waals surface area contributed by atoms with Crippen molar-refractivity contribution in [2.45, 2.75) is 52.0 Å². The number of fused-ring (bicyclic) bond motifs is 1. The van der Waals surface area contributed by atoms with Crippen molar-refractivity contribution in [3.63, 3.8) is 0 Å². The van der Waals surface area contributed by atoms with E-state index < -0.39 is 16.1 Å². The molecule has 27 heavy (non-hydrogen) atoms. The molecule has 2 aromatic carbocycles. The lowest BCUT2D eigenvalue weighted by Crippen LogP contribution is -2.30. The van der Waals surface area contributed by atoms with Crippen LogP contribution < -0.4 is 9.46 Å². The third-order valence-electron chi connectivity index (χ3n) is 5.76. The van der Waals surface area contributed by atoms with Gasteiger partial charge in [-0.15, -0.1) is 0 Å². The van der Waals surface area contributed by atoms with Crippen LogP contribution >= 0.6 is 0 Å². The Labute approximate surface area is 161 Å². The molecule has 1 atom stereocenters. The summed E-state index contributed by atoms with van der Waals surface area (Å²) in [6, 6.07) is 5.49. The highest BCUT2D eigenvalue weighted by atomic mass is 32.2. The molecule has 0 radical (unpaired) electrons. The summed E-state index contributed by atoms with van der Waals surface area (Å²) in [5.41, 5.74) is 6.33. The number of hydrogen-bond acceptors (Lipinski definition) is 4. The summed E-state index contributed by atoms with van der Waals surface area (Å²) in [6.07, 6.45) is -0.110. The van der Waals surface area contributed by atoms with Crippen LogP contribution in [0.3, 0.4) is 0 Å². The van der Waals surface area contributed by atoms with Crippen molar-refractivity contribution in [1.82, 2.24) is 4.72 Å². The molecule has 146 valence electrons. The zero-order chi connectivity index (χ0) is 19.9. The molecule has 0 saturated heterocycles. The van der Waals surface area contributed by atoms with Gasteiger partial charge >= 0.3 is 0 Å². The van der Waals surface area contributed by atoms with E-state index in [1.54, 1.807) is 6.07 Å². The summed E-state index contributed by atoms with van der Waals surface area (Å²) >= 11 is 0. The van der Waals surface area contributed by atoms with Crippen LogP contribution in [0, 0.1) is 34.6 Å². The second-order valence-electron chi connectivity index (χ2n) is 7.29. The maximum atomic E-state index is 13.0. The first-order valence-corrected chi connectivity index (χ1v) is 10.6. The molecule has 0 saturated carbocycles. The minimum Gasteiger partial charge on any atom is -0.493 e. The van der Waals surface area contributed by atoms with Crippen molar-refractivity contribution in [2.24, 2.45) is 0 Å². The fourth-order valence-electron chi connectivity index (χ4n) is 3.66. The van der Waals surface area contributed by atoms with E-state index >= 15 is 0 Å². The van der Waals surface area contributed by atoms with Crippen LogP contribution in [0.2, 0.25) is 0 Å². The molecule has 6 heteroatoms. The lowest BCUT2D eigenvalue weighted by molar-refractivity contribution is 0.182. The van der Waals surface area contributed by atoms with E-state index in [2.05, 4.69) is 4.72 Å². The van der Waals surface area contributed by atoms with Gasteiger partial charge in [-0.2, -0.15) is 0 Å². The van der Waals surface area contributed by atoms with Crippen LogP contribution in [-0.2, 0) is 16.4 Å². The van der Waals surface area contributed by atoms with Crippen molar-refractivity contribution >= 4 is 10.0 Å². The largest absolute Gasteiger partial charge is 0.493 e. The molecule has 1 heterocycles. The van der Waals surface area contributed by atoms with Crippen molar-refractivity contribution < 1.29 is 18.3 Å². The Morgan fingerprint density at radius 1 is 1.04 bits per heavy atom. The molecule has 0 fully saturated rings. The number of sulfonamides is 1. The number of nitrogens with one attached hydrogen (secondary N) is 1. The van der Waals surface area contributed by atoms with Gasteiger partial charge in [0.05, 0.1) is 17.6 Å². The van der Waals surface area contributed by atoms with Crippen molar-refractivity contribution in [3.05, 3.63) is 57.1 Å². The van der Waals surface area contributed by atoms with Gasteiger partial charge in [0.1, 0.15) is 5.75 Å². The molecular formula is C21H27NO4S. The lowest BCUT2D eigenvalue weighted by atomic mass is 9.95. The SMILES string of the molecule is Cc1c(C)c(C)c(S(=O)(=O)NCC(O)c2ccc3c(c2)CCO3)c(C)c1C. The van der Waals surface area contributed by atoms with Gasteiger partial charge in [-0.3, -0.25) is 0 Å². The topological polar surface area (TPSA) is 75.6 Å². The first-order chi connectivity index (χ1) is 12.6. The summed E-state index contributed by atoms with van der Waals surface area (Å²) in [7, 11) is -3.73. The van der Waals surface area contributed by atoms with E-state index in [1.165, 1.54) is 0 Å². The second kappa shape index (κ2) is 7.26. The Morgan fingerprint density at radius 3 is 2.26 bits per heavy atom. The zero-order valence-corrected chi connectivity index (χ0v) is 17.3. The minimum atomic E-state index is -3.73. The highest BCUT2D eigenvalue weighted by Gasteiger charge is 2.25. The standard InChI is InChI=1S/C21H27NO4S/c1-12-13(2)15(4)21(16(5)14(12)3)27(24,25)22-11-19(23)17-6-7-20-18(10-17)8-9-26-20/h6-7,10,19,22-23H,8-9,11H2,1-5H3. The Balaban J connectivity index is 1.84. The highest BCUT2D eigenvalue weighted by molar-refractivity contribution is 7.89. The molecule has 1 aliphatic heterocycles. The van der Waals surface area contributed by atoms with Crippen molar-refractivity contribution in [1.29, 1.82) is 0 Å². The predicted octanol–water partition coefficient (Wildman–Crippen LogP) is 3.18. The van der Waals surface area contributed by atoms with Crippen LogP contribution in [-0.4, -0.2) is 26.7 Å². The molecule has 5 nitrogen and oxygen atoms in total. The van der Waals surface area contributed by atoms with Crippen LogP contribution in [0.15, 0.2) is 23.1 Å². The Morgan fingerprint density at radius 2 is 1.63 bits per heavy atom. The summed E-state index contributed by atoms with van der Waals surface area (Å²) in [5, 5.41) is 10.5. The lowest BCUT2D eigenvalue weighted by Gasteiger charge is -2.20. The van der Waals surface area contributed by atoms with Crippen LogP contribution in [0.4, 0.5) is 0 Å². The molecule has 0 spiro atoms. The summed E-state index contributed by atoms with van der Waals surface area (Å²) in [5.74, 6) is 0.836. The molecule has 0 amide bonds. The van der Waals surface area contributed by atoms with Gasteiger partial charge in [0.15, 0.2) is 0 Å². The molecule has 2 N–H and O–H groups in total. The number of rotatable bonds is 5. The summed E-state index contributed by atoms with van der Waals surface area (Å²) < 4.78 is 34.0. The third kappa shape index (κ3) is 3.61. The fourth-order valence-corrected chi connectivity index (χ4v) is 5.30. The summed E-state index contributed by atoms with van der Waals surface area (Å²) in [4.78, 5) is 0.317. The van der Waals surface area contributed by atoms with Gasteiger partial charge in [0.2, 0.25) is 10.0 Å². The average molecular weight is 390 g/mol. The van der Waals surface area contributed by atoms with Gasteiger partial charge in [-0.05, 0) is 85.7 Å². The number of aliphatic hydroxyl groups is 1. The van der Waals surface area contributed by atoms with Gasteiger partial charge in [-0.1, -0.05) is 6.07 Å². The number of ether oxygens (including phenoxy) is 1. The third-order valence-corrected chi connectivity index (χ3v) is 7.46. The fraction of sp³-hybridized carbons (Fsp3) is 0.429. The van der Waals surface area contributed by atoms with E-state index in [4.69, 9.17) is 4.74 Å². The van der Waals surface area contributed by atoms with E-state index in [-0.39, 0.29) is 6.54 Å². The van der Waals surface area contributed by atoms with Crippen LogP contribution in [0.5, 0.6) is 5.75 Å². The normalized spacial score (nSPS) is 14.7. The quantitative estimate of drug-likeness (QED) is 0.824. The molecular weight excluding hydrogens is 362 g/mol. The van der Waals surface area contributed by atoms with Gasteiger partial charge in [0, 0.05) is 13.0 Å². The smallest absolute Gasteiger partial charge is 0.241 e. The molecule has 1 unspecified atom stereocenters. The van der Waals surface area contributed by atoms with Crippen LogP contribution in [0.25, 0.3) is 0 Å². The van der Waals surface area contributed by atoms with E-state index in [9.17, 15) is 13.5 Å². The maximum absolute atomic E-state index is 13.0. The number of aliphatic hydroxyl groups excluding tert-OH is 1. The zero-order valence-electron chi connectivity index (χ0n) is 16.5. The molecule has 2 aromatic rings. The predicted molar refractivity (Wildman–Crippen MR) is 106 cm³/mol. The van der Waals surface area contributed by atoms with Crippen molar-refractivity contribution in [3.8, 4) is 5.75 Å². The molecule has 0 aromatic heterocycles. The molecule has 0 aliphatic carbocycles. The molecule has 3 rings (SSSR count). The monoisotopic (exact) mass is 389 g/mol. The molecule has 0 bridgehead atoms. The Bertz CT molecular complexity index is 967. The Kier molecular flexibility index (Phi) is 5.34. The first kappa shape index (κ1) is 19.9. The first-order valence-electron chi connectivity index (χ1n) is 9.13. The van der Waals surface area contributed by atoms with Crippen molar-refractivity contribution in [2.75, 3.05) is 13.2 Å². The summed E-state index contributed by atoms with van der Waals surface area (Å²) in [6.45, 7) is 10.1. The highest BCUT2D eigenvalue weighted by Crippen LogP contribution is 2.30. The second-order valence-corrected chi connectivity index (χ2v) is 8.99. The van der Waals surface area contributed by atoms with E-state index in [1.807, 2.05) is 46.8 Å². The minimum absolute atomic E-state index is 0.0766. The average Bonchev–Trinajstić information content (AvgIpc) is 3.10. The number of hydrogen-bond donors (Lipinski definition) is 2.